The zero-order valence-corrected chi connectivity index (χ0v) is 18.9. The van der Waals surface area contributed by atoms with Crippen LogP contribution < -0.4 is 24.8 Å². The van der Waals surface area contributed by atoms with E-state index in [4.69, 9.17) is 14.2 Å². The first-order valence-corrected chi connectivity index (χ1v) is 11.2. The molecule has 0 aromatic heterocycles. The summed E-state index contributed by atoms with van der Waals surface area (Å²) in [7, 11) is 0. The molecule has 1 unspecified atom stereocenters. The molecule has 2 aromatic rings. The number of benzene rings is 2. The van der Waals surface area contributed by atoms with E-state index in [1.165, 1.54) is 0 Å². The molecular formula is C23H25BrN2O5. The van der Waals surface area contributed by atoms with E-state index < -0.39 is 0 Å². The summed E-state index contributed by atoms with van der Waals surface area (Å²) in [5.74, 6) is 2.17. The Labute approximate surface area is 189 Å². The molecular weight excluding hydrogens is 464 g/mol. The Hall–Kier alpha value is -2.74. The van der Waals surface area contributed by atoms with Crippen molar-refractivity contribution >= 4 is 33.4 Å². The molecule has 0 bridgehead atoms. The first kappa shape index (κ1) is 21.5. The van der Waals surface area contributed by atoms with Crippen molar-refractivity contribution in [3.8, 4) is 17.2 Å². The van der Waals surface area contributed by atoms with Crippen LogP contribution in [0.3, 0.4) is 0 Å². The number of halogens is 1. The zero-order valence-electron chi connectivity index (χ0n) is 17.3. The van der Waals surface area contributed by atoms with Crippen LogP contribution in [0, 0.1) is 0 Å². The molecule has 0 radical (unpaired) electrons. The number of amides is 2. The van der Waals surface area contributed by atoms with Crippen molar-refractivity contribution < 1.29 is 23.8 Å². The van der Waals surface area contributed by atoms with Gasteiger partial charge in [0.2, 0.25) is 11.8 Å². The maximum Gasteiger partial charge on any atom is 0.224 e. The minimum absolute atomic E-state index is 0.0361. The summed E-state index contributed by atoms with van der Waals surface area (Å²) in [5, 5.41) is 5.88. The summed E-state index contributed by atoms with van der Waals surface area (Å²) >= 11 is 3.56. The smallest absolute Gasteiger partial charge is 0.224 e. The van der Waals surface area contributed by atoms with Crippen molar-refractivity contribution in [2.75, 3.05) is 25.1 Å². The van der Waals surface area contributed by atoms with Crippen molar-refractivity contribution in [1.82, 2.24) is 5.32 Å². The van der Waals surface area contributed by atoms with Gasteiger partial charge >= 0.3 is 0 Å². The predicted molar refractivity (Wildman–Crippen MR) is 120 cm³/mol. The second kappa shape index (κ2) is 9.60. The van der Waals surface area contributed by atoms with E-state index in [2.05, 4.69) is 26.6 Å². The van der Waals surface area contributed by atoms with Gasteiger partial charge in [-0.25, -0.2) is 0 Å². The Morgan fingerprint density at radius 2 is 1.97 bits per heavy atom. The van der Waals surface area contributed by atoms with Gasteiger partial charge in [0.15, 0.2) is 11.5 Å². The van der Waals surface area contributed by atoms with Gasteiger partial charge in [0.05, 0.1) is 12.6 Å². The van der Waals surface area contributed by atoms with Crippen molar-refractivity contribution in [1.29, 1.82) is 0 Å². The molecule has 31 heavy (non-hydrogen) atoms. The largest absolute Gasteiger partial charge is 0.494 e. The van der Waals surface area contributed by atoms with Crippen LogP contribution in [0.5, 0.6) is 17.2 Å². The van der Waals surface area contributed by atoms with Crippen molar-refractivity contribution in [3.05, 3.63) is 45.9 Å². The normalized spacial score (nSPS) is 15.5. The Morgan fingerprint density at radius 1 is 1.19 bits per heavy atom. The van der Waals surface area contributed by atoms with Crippen LogP contribution in [-0.2, 0) is 16.0 Å². The summed E-state index contributed by atoms with van der Waals surface area (Å²) in [4.78, 5) is 23.8. The van der Waals surface area contributed by atoms with Gasteiger partial charge in [-0.05, 0) is 61.2 Å². The standard InChI is InChI=1S/C23H25BrN2O5/c1-14(17-12-20-21(13-18(17)24)31-10-9-30-20)25-22(27)3-2-8-29-16-5-6-19-15(11-16)4-7-23(28)26-19/h5-6,11-14H,2-4,7-10H2,1H3,(H,25,27)(H,26,28). The highest BCUT2D eigenvalue weighted by molar-refractivity contribution is 9.10. The first-order valence-electron chi connectivity index (χ1n) is 10.4. The van der Waals surface area contributed by atoms with Gasteiger partial charge in [0.1, 0.15) is 19.0 Å². The number of fused-ring (bicyclic) bond motifs is 2. The van der Waals surface area contributed by atoms with Crippen LogP contribution in [0.4, 0.5) is 5.69 Å². The molecule has 2 aromatic carbocycles. The Morgan fingerprint density at radius 3 is 2.77 bits per heavy atom. The SMILES string of the molecule is CC(NC(=O)CCCOc1ccc2c(c1)CCC(=O)N2)c1cc2c(cc1Br)OCCO2. The monoisotopic (exact) mass is 488 g/mol. The minimum atomic E-state index is -0.172. The molecule has 8 heteroatoms. The van der Waals surface area contributed by atoms with Crippen LogP contribution in [0.2, 0.25) is 0 Å². The average Bonchev–Trinajstić information content (AvgIpc) is 2.76. The van der Waals surface area contributed by atoms with Crippen LogP contribution >= 0.6 is 15.9 Å². The van der Waals surface area contributed by atoms with Crippen molar-refractivity contribution in [2.45, 2.75) is 38.6 Å². The van der Waals surface area contributed by atoms with Gasteiger partial charge in [-0.15, -0.1) is 0 Å². The summed E-state index contributed by atoms with van der Waals surface area (Å²) < 4.78 is 17.9. The van der Waals surface area contributed by atoms with Gasteiger partial charge in [0, 0.05) is 23.0 Å². The second-order valence-corrected chi connectivity index (χ2v) is 8.48. The molecule has 2 aliphatic rings. The van der Waals surface area contributed by atoms with Crippen LogP contribution in [0.25, 0.3) is 0 Å². The van der Waals surface area contributed by atoms with Crippen LogP contribution in [0.1, 0.15) is 43.4 Å². The molecule has 2 amide bonds. The van der Waals surface area contributed by atoms with Gasteiger partial charge in [-0.3, -0.25) is 9.59 Å². The zero-order chi connectivity index (χ0) is 21.8. The number of carbonyl (C=O) groups is 2. The number of nitrogens with one attached hydrogen (secondary N) is 2. The maximum atomic E-state index is 12.4. The lowest BCUT2D eigenvalue weighted by Crippen LogP contribution is -2.27. The lowest BCUT2D eigenvalue weighted by atomic mass is 10.0. The maximum absolute atomic E-state index is 12.4. The van der Waals surface area contributed by atoms with Crippen LogP contribution in [0.15, 0.2) is 34.8 Å². The van der Waals surface area contributed by atoms with Crippen LogP contribution in [-0.4, -0.2) is 31.6 Å². The van der Waals surface area contributed by atoms with E-state index in [0.717, 1.165) is 27.0 Å². The number of ether oxygens (including phenoxy) is 3. The molecule has 2 aliphatic heterocycles. The summed E-state index contributed by atoms with van der Waals surface area (Å²) in [6.07, 6.45) is 2.19. The van der Waals surface area contributed by atoms with E-state index in [0.29, 0.717) is 57.0 Å². The van der Waals surface area contributed by atoms with E-state index in [1.807, 2.05) is 37.3 Å². The Balaban J connectivity index is 1.24. The molecule has 0 aliphatic carbocycles. The Bertz CT molecular complexity index is 994. The highest BCUT2D eigenvalue weighted by Crippen LogP contribution is 2.37. The predicted octanol–water partition coefficient (Wildman–Crippen LogP) is 4.14. The summed E-state index contributed by atoms with van der Waals surface area (Å²) in [6, 6.07) is 9.27. The first-order chi connectivity index (χ1) is 15.0. The van der Waals surface area contributed by atoms with Gasteiger partial charge in [-0.1, -0.05) is 15.9 Å². The topological polar surface area (TPSA) is 85.9 Å². The van der Waals surface area contributed by atoms with E-state index >= 15 is 0 Å². The molecule has 0 spiro atoms. The average molecular weight is 489 g/mol. The Kier molecular flexibility index (Phi) is 6.65. The van der Waals surface area contributed by atoms with Crippen molar-refractivity contribution in [2.24, 2.45) is 0 Å². The minimum Gasteiger partial charge on any atom is -0.494 e. The number of carbonyl (C=O) groups excluding carboxylic acids is 2. The molecule has 2 heterocycles. The fourth-order valence-electron chi connectivity index (χ4n) is 3.68. The molecule has 0 saturated heterocycles. The lowest BCUT2D eigenvalue weighted by Gasteiger charge is -2.22. The summed E-state index contributed by atoms with van der Waals surface area (Å²) in [6.45, 7) is 3.44. The molecule has 164 valence electrons. The van der Waals surface area contributed by atoms with Crippen molar-refractivity contribution in [3.63, 3.8) is 0 Å². The number of anilines is 1. The fraction of sp³-hybridized carbons (Fsp3) is 0.391. The number of hydrogen-bond donors (Lipinski definition) is 2. The van der Waals surface area contributed by atoms with Gasteiger partial charge < -0.3 is 24.8 Å². The number of aryl methyl sites for hydroxylation is 1. The highest BCUT2D eigenvalue weighted by Gasteiger charge is 2.19. The van der Waals surface area contributed by atoms with Gasteiger partial charge in [0.25, 0.3) is 0 Å². The quantitative estimate of drug-likeness (QED) is 0.571. The number of rotatable bonds is 7. The molecule has 1 atom stereocenters. The third kappa shape index (κ3) is 5.31. The highest BCUT2D eigenvalue weighted by atomic mass is 79.9. The second-order valence-electron chi connectivity index (χ2n) is 7.63. The summed E-state index contributed by atoms with van der Waals surface area (Å²) in [5.41, 5.74) is 2.87. The van der Waals surface area contributed by atoms with Gasteiger partial charge in [-0.2, -0.15) is 0 Å². The third-order valence-corrected chi connectivity index (χ3v) is 5.98. The lowest BCUT2D eigenvalue weighted by molar-refractivity contribution is -0.122. The van der Waals surface area contributed by atoms with E-state index in [1.54, 1.807) is 0 Å². The third-order valence-electron chi connectivity index (χ3n) is 5.29. The van der Waals surface area contributed by atoms with E-state index in [9.17, 15) is 9.59 Å². The molecule has 4 rings (SSSR count). The molecule has 0 saturated carbocycles. The molecule has 7 nitrogen and oxygen atoms in total. The number of hydrogen-bond acceptors (Lipinski definition) is 5. The molecule has 2 N–H and O–H groups in total. The van der Waals surface area contributed by atoms with E-state index in [-0.39, 0.29) is 17.9 Å². The molecule has 0 fully saturated rings. The fourth-order valence-corrected chi connectivity index (χ4v) is 4.34.